The van der Waals surface area contributed by atoms with Gasteiger partial charge in [0, 0.05) is 38.9 Å². The Balaban J connectivity index is 1.89. The van der Waals surface area contributed by atoms with Crippen LogP contribution < -0.4 is 4.90 Å². The van der Waals surface area contributed by atoms with Gasteiger partial charge in [-0.25, -0.2) is 4.98 Å². The second kappa shape index (κ2) is 6.50. The first-order valence-corrected chi connectivity index (χ1v) is 7.26. The van der Waals surface area contributed by atoms with Gasteiger partial charge in [-0.05, 0) is 34.5 Å². The fourth-order valence-electron chi connectivity index (χ4n) is 2.18. The summed E-state index contributed by atoms with van der Waals surface area (Å²) in [6.07, 6.45) is 2.46. The van der Waals surface area contributed by atoms with E-state index in [1.807, 2.05) is 25.3 Å². The molecule has 1 saturated heterocycles. The maximum absolute atomic E-state index is 9.66. The smallest absolute Gasteiger partial charge is 0.142 e. The minimum absolute atomic E-state index is 0.196. The summed E-state index contributed by atoms with van der Waals surface area (Å²) in [6, 6.07) is 3.96. The van der Waals surface area contributed by atoms with Gasteiger partial charge in [-0.3, -0.25) is 4.90 Å². The maximum Gasteiger partial charge on any atom is 0.142 e. The van der Waals surface area contributed by atoms with Crippen LogP contribution >= 0.6 is 15.9 Å². The first-order valence-electron chi connectivity index (χ1n) is 6.46. The van der Waals surface area contributed by atoms with Crippen LogP contribution in [0.2, 0.25) is 0 Å². The van der Waals surface area contributed by atoms with Gasteiger partial charge in [-0.2, -0.15) is 0 Å². The van der Waals surface area contributed by atoms with Gasteiger partial charge in [0.05, 0.1) is 10.6 Å². The van der Waals surface area contributed by atoms with Crippen molar-refractivity contribution in [3.8, 4) is 0 Å². The summed E-state index contributed by atoms with van der Waals surface area (Å²) in [5.41, 5.74) is 0. The number of β-amino-alcohol motifs (C(OH)–C–C–N with tert-alkyl or cyclic N) is 1. The average Bonchev–Trinajstić information content (AvgIpc) is 2.40. The van der Waals surface area contributed by atoms with E-state index in [1.165, 1.54) is 0 Å². The standard InChI is InChI=1S/C13H20BrN3O/c1-2-11(18)10-16-6-8-17(9-7-16)13-12(14)4-3-5-15-13/h3-5,11,18H,2,6-10H2,1H3. The van der Waals surface area contributed by atoms with Crippen molar-refractivity contribution in [3.63, 3.8) is 0 Å². The molecule has 18 heavy (non-hydrogen) atoms. The Labute approximate surface area is 117 Å². The molecule has 0 aromatic carbocycles. The SMILES string of the molecule is CCC(O)CN1CCN(c2ncccc2Br)CC1. The zero-order valence-corrected chi connectivity index (χ0v) is 12.3. The third-order valence-electron chi connectivity index (χ3n) is 3.35. The number of pyridine rings is 1. The van der Waals surface area contributed by atoms with Crippen LogP contribution in [0.3, 0.4) is 0 Å². The molecule has 1 unspecified atom stereocenters. The Morgan fingerprint density at radius 1 is 1.39 bits per heavy atom. The lowest BCUT2D eigenvalue weighted by Crippen LogP contribution is -2.48. The molecular formula is C13H20BrN3O. The molecule has 1 atom stereocenters. The molecule has 2 heterocycles. The van der Waals surface area contributed by atoms with Crippen molar-refractivity contribution < 1.29 is 5.11 Å². The highest BCUT2D eigenvalue weighted by Crippen LogP contribution is 2.23. The summed E-state index contributed by atoms with van der Waals surface area (Å²) < 4.78 is 1.05. The predicted molar refractivity (Wildman–Crippen MR) is 76.9 cm³/mol. The van der Waals surface area contributed by atoms with Gasteiger partial charge < -0.3 is 10.0 Å². The summed E-state index contributed by atoms with van der Waals surface area (Å²) >= 11 is 3.54. The Morgan fingerprint density at radius 2 is 2.11 bits per heavy atom. The van der Waals surface area contributed by atoms with Crippen LogP contribution in [0.15, 0.2) is 22.8 Å². The van der Waals surface area contributed by atoms with E-state index in [2.05, 4.69) is 30.7 Å². The Kier molecular flexibility index (Phi) is 4.97. The van der Waals surface area contributed by atoms with Crippen molar-refractivity contribution in [2.24, 2.45) is 0 Å². The molecule has 100 valence electrons. The quantitative estimate of drug-likeness (QED) is 0.919. The van der Waals surface area contributed by atoms with Crippen LogP contribution in [0.5, 0.6) is 0 Å². The third-order valence-corrected chi connectivity index (χ3v) is 3.97. The second-order valence-electron chi connectivity index (χ2n) is 4.66. The molecule has 1 aromatic heterocycles. The van der Waals surface area contributed by atoms with E-state index in [1.54, 1.807) is 0 Å². The minimum Gasteiger partial charge on any atom is -0.392 e. The summed E-state index contributed by atoms with van der Waals surface area (Å²) in [4.78, 5) is 9.03. The molecule has 1 aromatic rings. The monoisotopic (exact) mass is 313 g/mol. The zero-order chi connectivity index (χ0) is 13.0. The molecule has 0 aliphatic carbocycles. The molecule has 4 nitrogen and oxygen atoms in total. The molecule has 1 fully saturated rings. The van der Waals surface area contributed by atoms with Gasteiger partial charge >= 0.3 is 0 Å². The van der Waals surface area contributed by atoms with Crippen LogP contribution in [-0.2, 0) is 0 Å². The number of rotatable bonds is 4. The van der Waals surface area contributed by atoms with Gasteiger partial charge in [0.2, 0.25) is 0 Å². The Hall–Kier alpha value is -0.650. The molecule has 0 saturated carbocycles. The lowest BCUT2D eigenvalue weighted by atomic mass is 10.2. The van der Waals surface area contributed by atoms with Crippen molar-refractivity contribution in [1.82, 2.24) is 9.88 Å². The number of aromatic nitrogens is 1. The minimum atomic E-state index is -0.196. The lowest BCUT2D eigenvalue weighted by molar-refractivity contribution is 0.106. The van der Waals surface area contributed by atoms with Crippen LogP contribution in [0.1, 0.15) is 13.3 Å². The number of anilines is 1. The van der Waals surface area contributed by atoms with Crippen LogP contribution in [0, 0.1) is 0 Å². The molecule has 0 spiro atoms. The van der Waals surface area contributed by atoms with E-state index in [0.29, 0.717) is 0 Å². The number of hydrogen-bond acceptors (Lipinski definition) is 4. The van der Waals surface area contributed by atoms with E-state index >= 15 is 0 Å². The van der Waals surface area contributed by atoms with Gasteiger partial charge in [-0.15, -0.1) is 0 Å². The number of nitrogens with zero attached hydrogens (tertiary/aromatic N) is 3. The third kappa shape index (κ3) is 3.43. The zero-order valence-electron chi connectivity index (χ0n) is 10.7. The van der Waals surface area contributed by atoms with Crippen molar-refractivity contribution in [2.75, 3.05) is 37.6 Å². The van der Waals surface area contributed by atoms with Gasteiger partial charge in [0.1, 0.15) is 5.82 Å². The number of halogens is 1. The largest absolute Gasteiger partial charge is 0.392 e. The second-order valence-corrected chi connectivity index (χ2v) is 5.51. The average molecular weight is 314 g/mol. The van der Waals surface area contributed by atoms with Gasteiger partial charge in [0.15, 0.2) is 0 Å². The molecule has 0 amide bonds. The summed E-state index contributed by atoms with van der Waals surface area (Å²) in [7, 11) is 0. The normalized spacial score (nSPS) is 18.9. The molecule has 1 aliphatic heterocycles. The Bertz CT molecular complexity index is 380. The van der Waals surface area contributed by atoms with Crippen LogP contribution in [0.4, 0.5) is 5.82 Å². The molecule has 0 bridgehead atoms. The molecule has 1 N–H and O–H groups in total. The number of aliphatic hydroxyl groups excluding tert-OH is 1. The molecule has 0 radical (unpaired) electrons. The van der Waals surface area contributed by atoms with Crippen molar-refractivity contribution in [2.45, 2.75) is 19.4 Å². The van der Waals surface area contributed by atoms with Gasteiger partial charge in [0.25, 0.3) is 0 Å². The van der Waals surface area contributed by atoms with Crippen molar-refractivity contribution in [3.05, 3.63) is 22.8 Å². The number of piperazine rings is 1. The summed E-state index contributed by atoms with van der Waals surface area (Å²) in [5.74, 6) is 1.02. The highest BCUT2D eigenvalue weighted by atomic mass is 79.9. The highest BCUT2D eigenvalue weighted by molar-refractivity contribution is 9.10. The van der Waals surface area contributed by atoms with Crippen molar-refractivity contribution >= 4 is 21.7 Å². The predicted octanol–water partition coefficient (Wildman–Crippen LogP) is 1.74. The first kappa shape index (κ1) is 13.8. The fourth-order valence-corrected chi connectivity index (χ4v) is 2.69. The maximum atomic E-state index is 9.66. The number of hydrogen-bond donors (Lipinski definition) is 1. The van der Waals surface area contributed by atoms with Crippen LogP contribution in [-0.4, -0.2) is 53.8 Å². The summed E-state index contributed by atoms with van der Waals surface area (Å²) in [5, 5.41) is 9.66. The van der Waals surface area contributed by atoms with E-state index in [0.717, 1.165) is 49.4 Å². The highest BCUT2D eigenvalue weighted by Gasteiger charge is 2.20. The molecular weight excluding hydrogens is 294 g/mol. The van der Waals surface area contributed by atoms with Crippen LogP contribution in [0.25, 0.3) is 0 Å². The number of aliphatic hydroxyl groups is 1. The Morgan fingerprint density at radius 3 is 2.72 bits per heavy atom. The molecule has 1 aliphatic rings. The van der Waals surface area contributed by atoms with Crippen molar-refractivity contribution in [1.29, 1.82) is 0 Å². The topological polar surface area (TPSA) is 39.6 Å². The lowest BCUT2D eigenvalue weighted by Gasteiger charge is -2.36. The first-order chi connectivity index (χ1) is 8.70. The van der Waals surface area contributed by atoms with E-state index < -0.39 is 0 Å². The summed E-state index contributed by atoms with van der Waals surface area (Å²) in [6.45, 7) is 6.71. The van der Waals surface area contributed by atoms with E-state index in [4.69, 9.17) is 0 Å². The van der Waals surface area contributed by atoms with Gasteiger partial charge in [-0.1, -0.05) is 6.92 Å². The fraction of sp³-hybridized carbons (Fsp3) is 0.615. The molecule has 5 heteroatoms. The molecule has 2 rings (SSSR count). The van der Waals surface area contributed by atoms with E-state index in [9.17, 15) is 5.11 Å². The van der Waals surface area contributed by atoms with E-state index in [-0.39, 0.29) is 6.10 Å².